The van der Waals surface area contributed by atoms with Crippen molar-refractivity contribution < 1.29 is 9.53 Å². The van der Waals surface area contributed by atoms with Crippen molar-refractivity contribution in [1.29, 1.82) is 0 Å². The molecule has 4 rings (SSSR count). The van der Waals surface area contributed by atoms with Crippen LogP contribution in [0.3, 0.4) is 0 Å². The van der Waals surface area contributed by atoms with Gasteiger partial charge in [-0.3, -0.25) is 4.90 Å². The number of carbonyl (C=O) groups is 1. The maximum absolute atomic E-state index is 12.7. The van der Waals surface area contributed by atoms with Crippen LogP contribution in [0.1, 0.15) is 24.0 Å². The Bertz CT molecular complexity index is 729. The molecule has 0 atom stereocenters. The second-order valence-electron chi connectivity index (χ2n) is 6.67. The van der Waals surface area contributed by atoms with Gasteiger partial charge in [0, 0.05) is 12.0 Å². The molecule has 132 valence electrons. The van der Waals surface area contributed by atoms with Gasteiger partial charge in [0.2, 0.25) is 0 Å². The summed E-state index contributed by atoms with van der Waals surface area (Å²) in [6, 6.07) is 18.1. The molecule has 0 saturated carbocycles. The van der Waals surface area contributed by atoms with Crippen LogP contribution in [0, 0.1) is 0 Å². The van der Waals surface area contributed by atoms with E-state index in [9.17, 15) is 4.79 Å². The number of piperidine rings is 1. The molecule has 0 unspecified atom stereocenters. The number of halogens is 1. The zero-order valence-corrected chi connectivity index (χ0v) is 14.9. The van der Waals surface area contributed by atoms with Crippen molar-refractivity contribution in [2.45, 2.75) is 24.9 Å². The zero-order valence-electron chi connectivity index (χ0n) is 14.1. The minimum Gasteiger partial charge on any atom is -0.444 e. The van der Waals surface area contributed by atoms with Gasteiger partial charge >= 0.3 is 6.09 Å². The molecule has 2 heterocycles. The lowest BCUT2D eigenvalue weighted by atomic mass is 9.75. The monoisotopic (exact) mass is 358 g/mol. The molecule has 5 heteroatoms. The van der Waals surface area contributed by atoms with Crippen LogP contribution in [-0.4, -0.2) is 25.7 Å². The van der Waals surface area contributed by atoms with Gasteiger partial charge in [-0.1, -0.05) is 48.5 Å². The first-order valence-electron chi connectivity index (χ1n) is 8.57. The molecule has 4 nitrogen and oxygen atoms in total. The SMILES string of the molecule is Cl.O=C(OCc1ccccc1)N1CC2(CCNCC2)c2ccccc21. The van der Waals surface area contributed by atoms with Crippen LogP contribution in [-0.2, 0) is 16.8 Å². The average Bonchev–Trinajstić information content (AvgIpc) is 2.96. The number of benzene rings is 2. The third-order valence-electron chi connectivity index (χ3n) is 5.21. The Kier molecular flexibility index (Phi) is 5.30. The third-order valence-corrected chi connectivity index (χ3v) is 5.21. The summed E-state index contributed by atoms with van der Waals surface area (Å²) in [5.74, 6) is 0. The molecule has 1 N–H and O–H groups in total. The predicted octanol–water partition coefficient (Wildman–Crippen LogP) is 3.89. The molecule has 2 aromatic carbocycles. The second-order valence-corrected chi connectivity index (χ2v) is 6.67. The molecule has 0 bridgehead atoms. The largest absolute Gasteiger partial charge is 0.444 e. The number of ether oxygens (including phenoxy) is 1. The lowest BCUT2D eigenvalue weighted by molar-refractivity contribution is 0.145. The number of rotatable bonds is 2. The quantitative estimate of drug-likeness (QED) is 0.885. The van der Waals surface area contributed by atoms with Crippen molar-refractivity contribution in [3.8, 4) is 0 Å². The van der Waals surface area contributed by atoms with E-state index in [1.54, 1.807) is 0 Å². The van der Waals surface area contributed by atoms with Crippen LogP contribution in [0.5, 0.6) is 0 Å². The van der Waals surface area contributed by atoms with Crippen molar-refractivity contribution in [1.82, 2.24) is 5.32 Å². The van der Waals surface area contributed by atoms with E-state index < -0.39 is 0 Å². The normalized spacial score (nSPS) is 17.7. The van der Waals surface area contributed by atoms with Crippen molar-refractivity contribution in [3.63, 3.8) is 0 Å². The Labute approximate surface area is 154 Å². The molecule has 1 amide bonds. The minimum absolute atomic E-state index is 0. The Morgan fingerprint density at radius 2 is 1.72 bits per heavy atom. The molecule has 1 saturated heterocycles. The minimum atomic E-state index is -0.248. The summed E-state index contributed by atoms with van der Waals surface area (Å²) in [6.45, 7) is 3.04. The number of carbonyl (C=O) groups excluding carboxylic acids is 1. The van der Waals surface area contributed by atoms with Crippen LogP contribution in [0.4, 0.5) is 10.5 Å². The smallest absolute Gasteiger partial charge is 0.414 e. The van der Waals surface area contributed by atoms with E-state index in [1.807, 2.05) is 47.4 Å². The molecule has 1 spiro atoms. The van der Waals surface area contributed by atoms with Crippen molar-refractivity contribution in [3.05, 3.63) is 65.7 Å². The van der Waals surface area contributed by atoms with Crippen molar-refractivity contribution in [2.75, 3.05) is 24.5 Å². The molecular formula is C20H23ClN2O2. The number of nitrogens with zero attached hydrogens (tertiary/aromatic N) is 1. The molecule has 0 radical (unpaired) electrons. The fraction of sp³-hybridized carbons (Fsp3) is 0.350. The van der Waals surface area contributed by atoms with Crippen LogP contribution < -0.4 is 10.2 Å². The first-order valence-corrected chi connectivity index (χ1v) is 8.57. The molecule has 2 aromatic rings. The topological polar surface area (TPSA) is 41.6 Å². The zero-order chi connectivity index (χ0) is 16.4. The summed E-state index contributed by atoms with van der Waals surface area (Å²) in [5.41, 5.74) is 3.39. The van der Waals surface area contributed by atoms with Crippen LogP contribution in [0.25, 0.3) is 0 Å². The fourth-order valence-corrected chi connectivity index (χ4v) is 3.92. The number of amides is 1. The Balaban J connectivity index is 0.00000182. The average molecular weight is 359 g/mol. The van der Waals surface area contributed by atoms with E-state index in [1.165, 1.54) is 5.56 Å². The summed E-state index contributed by atoms with van der Waals surface area (Å²) < 4.78 is 5.57. The first kappa shape index (κ1) is 17.8. The van der Waals surface area contributed by atoms with E-state index >= 15 is 0 Å². The van der Waals surface area contributed by atoms with Gasteiger partial charge < -0.3 is 10.1 Å². The molecule has 0 aliphatic carbocycles. The Hall–Kier alpha value is -2.04. The number of hydrogen-bond donors (Lipinski definition) is 1. The number of para-hydroxylation sites is 1. The van der Waals surface area contributed by atoms with Crippen LogP contribution >= 0.6 is 12.4 Å². The maximum Gasteiger partial charge on any atom is 0.414 e. The summed E-state index contributed by atoms with van der Waals surface area (Å²) in [7, 11) is 0. The molecule has 1 fully saturated rings. The standard InChI is InChI=1S/C20H22N2O2.ClH/c23-19(24-14-16-6-2-1-3-7-16)22-15-20(10-12-21-13-11-20)17-8-4-5-9-18(17)22;/h1-9,21H,10-15H2;1H. The van der Waals surface area contributed by atoms with E-state index in [2.05, 4.69) is 17.4 Å². The molecule has 2 aliphatic rings. The highest BCUT2D eigenvalue weighted by atomic mass is 35.5. The maximum atomic E-state index is 12.7. The van der Waals surface area contributed by atoms with Gasteiger partial charge in [-0.25, -0.2) is 4.79 Å². The third kappa shape index (κ3) is 3.37. The van der Waals surface area contributed by atoms with Crippen LogP contribution in [0.2, 0.25) is 0 Å². The molecule has 2 aliphatic heterocycles. The number of fused-ring (bicyclic) bond motifs is 2. The highest BCUT2D eigenvalue weighted by Crippen LogP contribution is 2.46. The fourth-order valence-electron chi connectivity index (χ4n) is 3.92. The van der Waals surface area contributed by atoms with E-state index in [0.29, 0.717) is 6.61 Å². The Morgan fingerprint density at radius 3 is 2.48 bits per heavy atom. The van der Waals surface area contributed by atoms with Gasteiger partial charge in [-0.05, 0) is 43.1 Å². The molecule has 0 aromatic heterocycles. The van der Waals surface area contributed by atoms with Crippen molar-refractivity contribution >= 4 is 24.2 Å². The lowest BCUT2D eigenvalue weighted by Crippen LogP contribution is -2.44. The highest BCUT2D eigenvalue weighted by Gasteiger charge is 2.45. The van der Waals surface area contributed by atoms with Gasteiger partial charge in [0.15, 0.2) is 0 Å². The van der Waals surface area contributed by atoms with E-state index in [0.717, 1.165) is 43.7 Å². The summed E-state index contributed by atoms with van der Waals surface area (Å²) >= 11 is 0. The Morgan fingerprint density at radius 1 is 1.04 bits per heavy atom. The number of hydrogen-bond acceptors (Lipinski definition) is 3. The van der Waals surface area contributed by atoms with Gasteiger partial charge in [-0.2, -0.15) is 0 Å². The van der Waals surface area contributed by atoms with Gasteiger partial charge in [0.1, 0.15) is 6.61 Å². The highest BCUT2D eigenvalue weighted by molar-refractivity contribution is 5.91. The molecule has 25 heavy (non-hydrogen) atoms. The van der Waals surface area contributed by atoms with Crippen molar-refractivity contribution in [2.24, 2.45) is 0 Å². The number of anilines is 1. The molecular weight excluding hydrogens is 336 g/mol. The summed E-state index contributed by atoms with van der Waals surface area (Å²) in [4.78, 5) is 14.5. The predicted molar refractivity (Wildman–Crippen MR) is 101 cm³/mol. The number of nitrogens with one attached hydrogen (secondary N) is 1. The van der Waals surface area contributed by atoms with E-state index in [-0.39, 0.29) is 23.9 Å². The lowest BCUT2D eigenvalue weighted by Gasteiger charge is -2.34. The van der Waals surface area contributed by atoms with Gasteiger partial charge in [-0.15, -0.1) is 12.4 Å². The van der Waals surface area contributed by atoms with Crippen LogP contribution in [0.15, 0.2) is 54.6 Å². The first-order chi connectivity index (χ1) is 11.8. The summed E-state index contributed by atoms with van der Waals surface area (Å²) in [6.07, 6.45) is 1.88. The van der Waals surface area contributed by atoms with Gasteiger partial charge in [0.25, 0.3) is 0 Å². The second kappa shape index (κ2) is 7.46. The summed E-state index contributed by atoms with van der Waals surface area (Å²) in [5, 5.41) is 3.42. The van der Waals surface area contributed by atoms with E-state index in [4.69, 9.17) is 4.74 Å². The van der Waals surface area contributed by atoms with Gasteiger partial charge in [0.05, 0.1) is 5.69 Å².